The number of hydrogen-bond donors (Lipinski definition) is 2. The van der Waals surface area contributed by atoms with E-state index in [9.17, 15) is 9.90 Å². The molecule has 2 aromatic rings. The van der Waals surface area contributed by atoms with Gasteiger partial charge in [-0.1, -0.05) is 34.1 Å². The van der Waals surface area contributed by atoms with Gasteiger partial charge in [-0.25, -0.2) is 5.43 Å². The molecule has 0 saturated carbocycles. The molecule has 0 heterocycles. The van der Waals surface area contributed by atoms with Gasteiger partial charge in [-0.3, -0.25) is 4.79 Å². The van der Waals surface area contributed by atoms with E-state index in [0.29, 0.717) is 11.3 Å². The van der Waals surface area contributed by atoms with E-state index >= 15 is 0 Å². The molecule has 0 unspecified atom stereocenters. The molecule has 6 heteroatoms. The highest BCUT2D eigenvalue weighted by Crippen LogP contribution is 2.17. The molecule has 0 saturated heterocycles. The lowest BCUT2D eigenvalue weighted by Crippen LogP contribution is -2.24. The molecule has 0 bridgehead atoms. The van der Waals surface area contributed by atoms with E-state index in [4.69, 9.17) is 4.74 Å². The van der Waals surface area contributed by atoms with Gasteiger partial charge in [0, 0.05) is 4.47 Å². The van der Waals surface area contributed by atoms with Gasteiger partial charge >= 0.3 is 0 Å². The first-order chi connectivity index (χ1) is 10.1. The molecule has 0 spiro atoms. The van der Waals surface area contributed by atoms with E-state index in [1.54, 1.807) is 30.3 Å². The van der Waals surface area contributed by atoms with Crippen LogP contribution < -0.4 is 10.2 Å². The average Bonchev–Trinajstić information content (AvgIpc) is 2.45. The molecule has 2 N–H and O–H groups in total. The molecule has 21 heavy (non-hydrogen) atoms. The van der Waals surface area contributed by atoms with E-state index in [1.165, 1.54) is 12.3 Å². The second kappa shape index (κ2) is 7.44. The second-order valence-electron chi connectivity index (χ2n) is 4.13. The number of rotatable bonds is 5. The Kier molecular flexibility index (Phi) is 5.34. The summed E-state index contributed by atoms with van der Waals surface area (Å²) < 4.78 is 6.19. The maximum Gasteiger partial charge on any atom is 0.277 e. The number of halogens is 1. The molecule has 2 aromatic carbocycles. The number of hydrogen-bond acceptors (Lipinski definition) is 4. The lowest BCUT2D eigenvalue weighted by molar-refractivity contribution is -0.123. The number of carbonyl (C=O) groups excluding carboxylic acids is 1. The highest BCUT2D eigenvalue weighted by molar-refractivity contribution is 9.10. The van der Waals surface area contributed by atoms with Gasteiger partial charge in [0.15, 0.2) is 6.61 Å². The fourth-order valence-electron chi connectivity index (χ4n) is 1.52. The SMILES string of the molecule is O=C(COc1cccc(Br)c1)N/N=C\c1cccc(O)c1. The Labute approximate surface area is 130 Å². The summed E-state index contributed by atoms with van der Waals surface area (Å²) in [6.45, 7) is -0.131. The minimum absolute atomic E-state index is 0.131. The van der Waals surface area contributed by atoms with Crippen LogP contribution in [0.25, 0.3) is 0 Å². The van der Waals surface area contributed by atoms with Crippen LogP contribution in [0.3, 0.4) is 0 Å². The van der Waals surface area contributed by atoms with Gasteiger partial charge in [-0.15, -0.1) is 0 Å². The summed E-state index contributed by atoms with van der Waals surface area (Å²) in [5.41, 5.74) is 3.03. The number of hydrazone groups is 1. The van der Waals surface area contributed by atoms with Gasteiger partial charge in [0.25, 0.3) is 5.91 Å². The maximum atomic E-state index is 11.5. The first-order valence-corrected chi connectivity index (χ1v) is 6.92. The zero-order chi connectivity index (χ0) is 15.1. The lowest BCUT2D eigenvalue weighted by Gasteiger charge is -2.05. The van der Waals surface area contributed by atoms with Crippen molar-refractivity contribution in [2.75, 3.05) is 6.61 Å². The largest absolute Gasteiger partial charge is 0.508 e. The molecule has 1 amide bonds. The Hall–Kier alpha value is -2.34. The number of benzene rings is 2. The number of phenols is 1. The van der Waals surface area contributed by atoms with Crippen LogP contribution in [-0.4, -0.2) is 23.8 Å². The van der Waals surface area contributed by atoms with E-state index in [0.717, 1.165) is 4.47 Å². The van der Waals surface area contributed by atoms with Crippen molar-refractivity contribution < 1.29 is 14.6 Å². The highest BCUT2D eigenvalue weighted by atomic mass is 79.9. The van der Waals surface area contributed by atoms with Crippen LogP contribution >= 0.6 is 15.9 Å². The summed E-state index contributed by atoms with van der Waals surface area (Å²) in [6, 6.07) is 13.7. The Morgan fingerprint density at radius 3 is 2.86 bits per heavy atom. The third-order valence-electron chi connectivity index (χ3n) is 2.44. The van der Waals surface area contributed by atoms with Crippen molar-refractivity contribution in [3.63, 3.8) is 0 Å². The van der Waals surface area contributed by atoms with Gasteiger partial charge in [-0.05, 0) is 35.9 Å². The standard InChI is InChI=1S/C15H13BrN2O3/c16-12-4-2-6-14(8-12)21-10-15(20)18-17-9-11-3-1-5-13(19)7-11/h1-9,19H,10H2,(H,18,20)/b17-9-. The number of carbonyl (C=O) groups is 1. The molecule has 2 rings (SSSR count). The summed E-state index contributed by atoms with van der Waals surface area (Å²) in [6.07, 6.45) is 1.44. The molecule has 0 atom stereocenters. The first kappa shape index (κ1) is 15.1. The summed E-state index contributed by atoms with van der Waals surface area (Å²) in [5.74, 6) is 0.367. The van der Waals surface area contributed by atoms with Crippen LogP contribution in [0, 0.1) is 0 Å². The smallest absolute Gasteiger partial charge is 0.277 e. The van der Waals surface area contributed by atoms with Crippen LogP contribution in [0.5, 0.6) is 11.5 Å². The second-order valence-corrected chi connectivity index (χ2v) is 5.05. The Morgan fingerprint density at radius 1 is 1.29 bits per heavy atom. The van der Waals surface area contributed by atoms with Gasteiger partial charge in [-0.2, -0.15) is 5.10 Å². The molecule has 0 fully saturated rings. The van der Waals surface area contributed by atoms with Gasteiger partial charge < -0.3 is 9.84 Å². The topological polar surface area (TPSA) is 70.9 Å². The fourth-order valence-corrected chi connectivity index (χ4v) is 1.90. The summed E-state index contributed by atoms with van der Waals surface area (Å²) in [7, 11) is 0. The van der Waals surface area contributed by atoms with E-state index in [2.05, 4.69) is 26.5 Å². The molecule has 0 aliphatic rings. The zero-order valence-corrected chi connectivity index (χ0v) is 12.6. The molecule has 0 aliphatic heterocycles. The predicted octanol–water partition coefficient (Wildman–Crippen LogP) is 2.68. The quantitative estimate of drug-likeness (QED) is 0.644. The molecule has 0 aliphatic carbocycles. The van der Waals surface area contributed by atoms with Crippen LogP contribution in [0.2, 0.25) is 0 Å². The number of amides is 1. The molecule has 5 nitrogen and oxygen atoms in total. The van der Waals surface area contributed by atoms with E-state index in [1.807, 2.05) is 12.1 Å². The Morgan fingerprint density at radius 2 is 2.10 bits per heavy atom. The summed E-state index contributed by atoms with van der Waals surface area (Å²) >= 11 is 3.32. The number of nitrogens with zero attached hydrogens (tertiary/aromatic N) is 1. The van der Waals surface area contributed by atoms with Crippen LogP contribution in [0.15, 0.2) is 58.1 Å². The van der Waals surface area contributed by atoms with Gasteiger partial charge in [0.05, 0.1) is 6.21 Å². The van der Waals surface area contributed by atoms with Crippen LogP contribution in [-0.2, 0) is 4.79 Å². The summed E-state index contributed by atoms with van der Waals surface area (Å²) in [4.78, 5) is 11.5. The monoisotopic (exact) mass is 348 g/mol. The van der Waals surface area contributed by atoms with Crippen molar-refractivity contribution in [2.24, 2.45) is 5.10 Å². The number of phenolic OH excluding ortho intramolecular Hbond substituents is 1. The molecular weight excluding hydrogens is 336 g/mol. The Bertz CT molecular complexity index is 659. The van der Waals surface area contributed by atoms with Crippen LogP contribution in [0.4, 0.5) is 0 Å². The van der Waals surface area contributed by atoms with E-state index in [-0.39, 0.29) is 18.3 Å². The van der Waals surface area contributed by atoms with Crippen molar-refractivity contribution >= 4 is 28.1 Å². The normalized spacial score (nSPS) is 10.5. The van der Waals surface area contributed by atoms with Crippen LogP contribution in [0.1, 0.15) is 5.56 Å². The average molecular weight is 349 g/mol. The molecular formula is C15H13BrN2O3. The fraction of sp³-hybridized carbons (Fsp3) is 0.0667. The highest BCUT2D eigenvalue weighted by Gasteiger charge is 2.01. The number of aromatic hydroxyl groups is 1. The van der Waals surface area contributed by atoms with E-state index < -0.39 is 0 Å². The molecule has 0 radical (unpaired) electrons. The third kappa shape index (κ3) is 5.27. The molecule has 108 valence electrons. The minimum atomic E-state index is -0.369. The van der Waals surface area contributed by atoms with Crippen molar-refractivity contribution in [1.82, 2.24) is 5.43 Å². The minimum Gasteiger partial charge on any atom is -0.508 e. The number of nitrogens with one attached hydrogen (secondary N) is 1. The zero-order valence-electron chi connectivity index (χ0n) is 11.0. The maximum absolute atomic E-state index is 11.5. The third-order valence-corrected chi connectivity index (χ3v) is 2.93. The molecule has 0 aromatic heterocycles. The lowest BCUT2D eigenvalue weighted by atomic mass is 10.2. The predicted molar refractivity (Wildman–Crippen MR) is 83.5 cm³/mol. The first-order valence-electron chi connectivity index (χ1n) is 6.13. The van der Waals surface area contributed by atoms with Gasteiger partial charge in [0.1, 0.15) is 11.5 Å². The Balaban J connectivity index is 1.80. The number of ether oxygens (including phenoxy) is 1. The van der Waals surface area contributed by atoms with Crippen molar-refractivity contribution in [3.05, 3.63) is 58.6 Å². The van der Waals surface area contributed by atoms with Crippen molar-refractivity contribution in [2.45, 2.75) is 0 Å². The van der Waals surface area contributed by atoms with Gasteiger partial charge in [0.2, 0.25) is 0 Å². The van der Waals surface area contributed by atoms with Crippen molar-refractivity contribution in [1.29, 1.82) is 0 Å². The van der Waals surface area contributed by atoms with Crippen molar-refractivity contribution in [3.8, 4) is 11.5 Å². The summed E-state index contributed by atoms with van der Waals surface area (Å²) in [5, 5.41) is 13.1.